The topological polar surface area (TPSA) is 170 Å². The van der Waals surface area contributed by atoms with E-state index in [0.29, 0.717) is 0 Å². The molecular formula is C21H31NO12. The minimum atomic E-state index is -1.47. The van der Waals surface area contributed by atoms with Gasteiger partial charge in [-0.05, 0) is 20.8 Å². The minimum absolute atomic E-state index is 0.448. The quantitative estimate of drug-likeness (QED) is 0.274. The predicted molar refractivity (Wildman–Crippen MR) is 111 cm³/mol. The van der Waals surface area contributed by atoms with E-state index < -0.39 is 85.0 Å². The van der Waals surface area contributed by atoms with E-state index in [1.54, 1.807) is 20.8 Å². The van der Waals surface area contributed by atoms with Crippen LogP contribution in [-0.4, -0.2) is 78.6 Å². The highest BCUT2D eigenvalue weighted by Gasteiger charge is 2.52. The first-order chi connectivity index (χ1) is 15.6. The molecule has 0 aromatic carbocycles. The first-order valence-electron chi connectivity index (χ1n) is 10.4. The fourth-order valence-corrected chi connectivity index (χ4v) is 3.06. The third-order valence-corrected chi connectivity index (χ3v) is 4.02. The van der Waals surface area contributed by atoms with Gasteiger partial charge in [-0.25, -0.2) is 0 Å². The monoisotopic (exact) mass is 489 g/mol. The van der Waals surface area contributed by atoms with Gasteiger partial charge in [0, 0.05) is 27.7 Å². The van der Waals surface area contributed by atoms with Crippen LogP contribution in [0.25, 0.3) is 0 Å². The van der Waals surface area contributed by atoms with Crippen molar-refractivity contribution in [2.75, 3.05) is 6.61 Å². The van der Waals surface area contributed by atoms with Gasteiger partial charge in [-0.1, -0.05) is 0 Å². The zero-order chi connectivity index (χ0) is 26.2. The Kier molecular flexibility index (Phi) is 10.4. The number of hydrogen-bond donors (Lipinski definition) is 1. The Morgan fingerprint density at radius 3 is 1.74 bits per heavy atom. The van der Waals surface area contributed by atoms with E-state index in [0.717, 1.165) is 27.7 Å². The highest BCUT2D eigenvalue weighted by molar-refractivity contribution is 5.94. The molecule has 13 nitrogen and oxygen atoms in total. The van der Waals surface area contributed by atoms with Gasteiger partial charge >= 0.3 is 29.8 Å². The van der Waals surface area contributed by atoms with Crippen LogP contribution < -0.4 is 5.32 Å². The van der Waals surface area contributed by atoms with E-state index in [-0.39, 0.29) is 0 Å². The lowest BCUT2D eigenvalue weighted by atomic mass is 9.97. The van der Waals surface area contributed by atoms with Crippen LogP contribution in [-0.2, 0) is 57.2 Å². The van der Waals surface area contributed by atoms with E-state index in [2.05, 4.69) is 5.32 Å². The Balaban J connectivity index is 3.26. The fourth-order valence-electron chi connectivity index (χ4n) is 3.06. The summed E-state index contributed by atoms with van der Waals surface area (Å²) in [6, 6.07) is 0. The van der Waals surface area contributed by atoms with Gasteiger partial charge in [0.05, 0.1) is 0 Å². The Morgan fingerprint density at radius 1 is 0.765 bits per heavy atom. The number of hydrogen-bond acceptors (Lipinski definition) is 12. The van der Waals surface area contributed by atoms with Crippen LogP contribution in [0.15, 0.2) is 0 Å². The van der Waals surface area contributed by atoms with Gasteiger partial charge in [0.15, 0.2) is 24.5 Å². The molecule has 0 radical (unpaired) electrons. The molecule has 1 aliphatic rings. The maximum Gasteiger partial charge on any atom is 0.315 e. The van der Waals surface area contributed by atoms with Gasteiger partial charge in [0.1, 0.15) is 24.7 Å². The van der Waals surface area contributed by atoms with Gasteiger partial charge in [0.2, 0.25) is 5.91 Å². The summed E-state index contributed by atoms with van der Waals surface area (Å²) in [6.45, 7) is 8.79. The molecule has 13 heteroatoms. The summed E-state index contributed by atoms with van der Waals surface area (Å²) >= 11 is 0. The van der Waals surface area contributed by atoms with Crippen molar-refractivity contribution in [2.24, 2.45) is 0 Å². The Bertz CT molecular complexity index is 802. The van der Waals surface area contributed by atoms with E-state index in [4.69, 9.17) is 28.4 Å². The highest BCUT2D eigenvalue weighted by atomic mass is 16.7. The molecule has 192 valence electrons. The van der Waals surface area contributed by atoms with E-state index in [9.17, 15) is 28.8 Å². The summed E-state index contributed by atoms with van der Waals surface area (Å²) in [5, 5.41) is 2.37. The number of carbonyl (C=O) groups is 6. The lowest BCUT2D eigenvalue weighted by Gasteiger charge is -2.44. The van der Waals surface area contributed by atoms with Crippen LogP contribution in [0.2, 0.25) is 0 Å². The Labute approximate surface area is 196 Å². The lowest BCUT2D eigenvalue weighted by Crippen LogP contribution is -2.66. The molecule has 1 N–H and O–H groups in total. The second-order valence-electron chi connectivity index (χ2n) is 8.45. The molecule has 0 saturated carbocycles. The van der Waals surface area contributed by atoms with Crippen LogP contribution in [0.3, 0.4) is 0 Å². The number of rotatable bonds is 8. The van der Waals surface area contributed by atoms with Crippen LogP contribution in [0.4, 0.5) is 0 Å². The molecule has 0 unspecified atom stereocenters. The van der Waals surface area contributed by atoms with Crippen LogP contribution in [0, 0.1) is 0 Å². The number of amides is 1. The Morgan fingerprint density at radius 2 is 1.26 bits per heavy atom. The molecule has 34 heavy (non-hydrogen) atoms. The van der Waals surface area contributed by atoms with Crippen molar-refractivity contribution in [3.05, 3.63) is 0 Å². The highest BCUT2D eigenvalue weighted by Crippen LogP contribution is 2.28. The van der Waals surface area contributed by atoms with E-state index in [1.165, 1.54) is 0 Å². The first kappa shape index (κ1) is 28.8. The van der Waals surface area contributed by atoms with Crippen molar-refractivity contribution in [1.82, 2.24) is 5.32 Å². The first-order valence-corrected chi connectivity index (χ1v) is 10.4. The molecular weight excluding hydrogens is 458 g/mol. The summed E-state index contributed by atoms with van der Waals surface area (Å²) in [4.78, 5) is 71.0. The van der Waals surface area contributed by atoms with Crippen LogP contribution in [0.1, 0.15) is 54.9 Å². The van der Waals surface area contributed by atoms with Gasteiger partial charge in [0.25, 0.3) is 0 Å². The zero-order valence-corrected chi connectivity index (χ0v) is 20.2. The van der Waals surface area contributed by atoms with Crippen molar-refractivity contribution in [1.29, 1.82) is 0 Å². The van der Waals surface area contributed by atoms with Crippen molar-refractivity contribution >= 4 is 35.8 Å². The van der Waals surface area contributed by atoms with Crippen molar-refractivity contribution < 1.29 is 57.2 Å². The number of carbonyl (C=O) groups excluding carboxylic acids is 6. The minimum Gasteiger partial charge on any atom is -0.463 e. The summed E-state index contributed by atoms with van der Waals surface area (Å²) in [6.07, 6.45) is -7.65. The van der Waals surface area contributed by atoms with Crippen molar-refractivity contribution in [3.8, 4) is 0 Å². The summed E-state index contributed by atoms with van der Waals surface area (Å²) in [5.74, 6) is -4.77. The van der Waals surface area contributed by atoms with Crippen molar-refractivity contribution in [2.45, 2.75) is 91.1 Å². The maximum absolute atomic E-state index is 12.5. The average molecular weight is 489 g/mol. The lowest BCUT2D eigenvalue weighted by molar-refractivity contribution is -0.257. The van der Waals surface area contributed by atoms with E-state index in [1.807, 2.05) is 0 Å². The summed E-state index contributed by atoms with van der Waals surface area (Å²) < 4.78 is 31.5. The maximum atomic E-state index is 12.5. The van der Waals surface area contributed by atoms with Gasteiger partial charge in [-0.15, -0.1) is 0 Å². The summed E-state index contributed by atoms with van der Waals surface area (Å²) in [5.41, 5.74) is -0.828. The number of esters is 5. The molecule has 0 aliphatic carbocycles. The largest absolute Gasteiger partial charge is 0.463 e. The fraction of sp³-hybridized carbons (Fsp3) is 0.714. The Hall–Kier alpha value is -3.22. The van der Waals surface area contributed by atoms with Crippen molar-refractivity contribution in [3.63, 3.8) is 0 Å². The van der Waals surface area contributed by atoms with Gasteiger partial charge in [-0.3, -0.25) is 28.8 Å². The molecule has 1 heterocycles. The molecule has 1 amide bonds. The van der Waals surface area contributed by atoms with E-state index >= 15 is 0 Å². The summed E-state index contributed by atoms with van der Waals surface area (Å²) in [7, 11) is 0. The third kappa shape index (κ3) is 10.1. The molecule has 5 atom stereocenters. The molecule has 0 aromatic heterocycles. The van der Waals surface area contributed by atoms with Crippen LogP contribution >= 0.6 is 0 Å². The smallest absolute Gasteiger partial charge is 0.315 e. The molecule has 0 spiro atoms. The van der Waals surface area contributed by atoms with Crippen LogP contribution in [0.5, 0.6) is 0 Å². The predicted octanol–water partition coefficient (Wildman–Crippen LogP) is -0.0825. The molecule has 1 fully saturated rings. The third-order valence-electron chi connectivity index (χ3n) is 4.02. The second kappa shape index (κ2) is 12.3. The van der Waals surface area contributed by atoms with Gasteiger partial charge in [-0.2, -0.15) is 0 Å². The SMILES string of the molecule is CC(=O)OC[C@H]1O[C@@H](NC(=O)CC(=O)OC(C)(C)C)[C@H](OC(C)=O)[C@@H](OC(C)=O)[C@@H]1OC(C)=O. The molecule has 1 aliphatic heterocycles. The standard InChI is InChI=1S/C21H31NO12/c1-10(23)29-9-14-17(30-11(2)24)18(31-12(3)25)19(32-13(4)26)20(33-14)22-15(27)8-16(28)34-21(5,6)7/h14,17-20H,8-9H2,1-7H3,(H,22,27)/t14-,17-,18+,19-,20-/m1/s1. The molecule has 1 rings (SSSR count). The van der Waals surface area contributed by atoms with Gasteiger partial charge < -0.3 is 33.7 Å². The second-order valence-corrected chi connectivity index (χ2v) is 8.45. The number of ether oxygens (including phenoxy) is 6. The zero-order valence-electron chi connectivity index (χ0n) is 20.2. The number of nitrogens with one attached hydrogen (secondary N) is 1. The average Bonchev–Trinajstić information content (AvgIpc) is 2.62. The normalized spacial score (nSPS) is 24.3. The molecule has 0 aromatic rings. The molecule has 0 bridgehead atoms. The molecule has 1 saturated heterocycles.